The van der Waals surface area contributed by atoms with Crippen LogP contribution in [0.25, 0.3) is 5.57 Å². The zero-order valence-corrected chi connectivity index (χ0v) is 17.7. The molecule has 0 aliphatic heterocycles. The van der Waals surface area contributed by atoms with Crippen LogP contribution >= 0.6 is 11.3 Å². The summed E-state index contributed by atoms with van der Waals surface area (Å²) in [7, 11) is -4.44. The van der Waals surface area contributed by atoms with Gasteiger partial charge in [0, 0.05) is 18.5 Å². The molecule has 0 radical (unpaired) electrons. The molecular weight excluding hydrogens is 431 g/mol. The van der Waals surface area contributed by atoms with Crippen molar-refractivity contribution in [1.82, 2.24) is 4.98 Å². The molecular formula is C17H22F3N3O4S2. The third kappa shape index (κ3) is 7.97. The number of nitrogens with zero attached hydrogens (tertiary/aromatic N) is 3. The molecule has 12 heteroatoms. The number of oxime groups is 1. The van der Waals surface area contributed by atoms with Gasteiger partial charge in [-0.2, -0.15) is 13.2 Å². The van der Waals surface area contributed by atoms with Crippen LogP contribution in [0.4, 0.5) is 18.2 Å². The van der Waals surface area contributed by atoms with Crippen molar-refractivity contribution in [2.45, 2.75) is 33.4 Å². The molecule has 1 aromatic rings. The van der Waals surface area contributed by atoms with Crippen molar-refractivity contribution < 1.29 is 31.6 Å². The Bertz CT molecular complexity index is 904. The maximum Gasteiger partial charge on any atom is 0.402 e. The quantitative estimate of drug-likeness (QED) is 0.267. The summed E-state index contributed by atoms with van der Waals surface area (Å²) in [5.41, 5.74) is 0.970. The Morgan fingerprint density at radius 1 is 1.38 bits per heavy atom. The van der Waals surface area contributed by atoms with E-state index in [1.54, 1.807) is 39.0 Å². The number of hydrogen-bond donors (Lipinski definition) is 1. The summed E-state index contributed by atoms with van der Waals surface area (Å²) >= 11 is 1.12. The number of halogens is 3. The fraction of sp³-hybridized carbons (Fsp3) is 0.471. The van der Waals surface area contributed by atoms with E-state index >= 15 is 0 Å². The third-order valence-corrected chi connectivity index (χ3v) is 6.38. The molecule has 1 N–H and O–H groups in total. The summed E-state index contributed by atoms with van der Waals surface area (Å²) in [6.45, 7) is 5.29. The molecule has 29 heavy (non-hydrogen) atoms. The van der Waals surface area contributed by atoms with Crippen LogP contribution in [0, 0.1) is 6.92 Å². The smallest absolute Gasteiger partial charge is 0.402 e. The average molecular weight is 454 g/mol. The van der Waals surface area contributed by atoms with E-state index in [4.69, 9.17) is 5.21 Å². The first-order valence-electron chi connectivity index (χ1n) is 8.49. The molecule has 7 nitrogen and oxygen atoms in total. The van der Waals surface area contributed by atoms with Crippen LogP contribution in [0.2, 0.25) is 0 Å². The predicted octanol–water partition coefficient (Wildman–Crippen LogP) is 3.59. The number of aromatic nitrogens is 1. The number of aryl methyl sites for hydroxylation is 1. The molecule has 1 amide bonds. The van der Waals surface area contributed by atoms with Gasteiger partial charge in [-0.3, -0.25) is 4.79 Å². The second-order valence-corrected chi connectivity index (χ2v) is 9.06. The minimum Gasteiger partial charge on any atom is -0.411 e. The first-order valence-corrected chi connectivity index (χ1v) is 11.1. The highest BCUT2D eigenvalue weighted by Gasteiger charge is 2.35. The van der Waals surface area contributed by atoms with Crippen LogP contribution in [-0.4, -0.2) is 55.0 Å². The third-order valence-electron chi connectivity index (χ3n) is 3.56. The summed E-state index contributed by atoms with van der Waals surface area (Å²) in [6.07, 6.45) is 0.892. The molecule has 0 saturated carbocycles. The molecule has 0 saturated heterocycles. The van der Waals surface area contributed by atoms with Gasteiger partial charge in [-0.25, -0.2) is 13.4 Å². The predicted molar refractivity (Wildman–Crippen MR) is 107 cm³/mol. The van der Waals surface area contributed by atoms with E-state index in [2.05, 4.69) is 10.1 Å². The lowest BCUT2D eigenvalue weighted by Crippen LogP contribution is -2.33. The fourth-order valence-corrected chi connectivity index (χ4v) is 4.59. The zero-order chi connectivity index (χ0) is 22.2. The normalized spacial score (nSPS) is 13.5. The molecule has 162 valence electrons. The summed E-state index contributed by atoms with van der Waals surface area (Å²) in [5.74, 6) is -3.47. The maximum atomic E-state index is 12.5. The second kappa shape index (κ2) is 10.5. The largest absolute Gasteiger partial charge is 0.411 e. The van der Waals surface area contributed by atoms with E-state index in [0.29, 0.717) is 21.3 Å². The van der Waals surface area contributed by atoms with E-state index in [-0.39, 0.29) is 6.54 Å². The first kappa shape index (κ1) is 24.8. The highest BCUT2D eigenvalue weighted by atomic mass is 32.2. The molecule has 0 atom stereocenters. The Balaban J connectivity index is 3.06. The van der Waals surface area contributed by atoms with Crippen molar-refractivity contribution in [2.24, 2.45) is 5.16 Å². The summed E-state index contributed by atoms with van der Waals surface area (Å²) in [5, 5.41) is 12.7. The van der Waals surface area contributed by atoms with Crippen molar-refractivity contribution in [3.8, 4) is 0 Å². The highest BCUT2D eigenvalue weighted by molar-refractivity contribution is 7.91. The minimum absolute atomic E-state index is 0.183. The number of carbonyl (C=O) groups is 1. The average Bonchev–Trinajstić information content (AvgIpc) is 2.97. The molecule has 1 aromatic heterocycles. The van der Waals surface area contributed by atoms with Crippen LogP contribution in [-0.2, 0) is 14.6 Å². The topological polar surface area (TPSA) is 99.9 Å². The summed E-state index contributed by atoms with van der Waals surface area (Å²) in [4.78, 5) is 18.1. The van der Waals surface area contributed by atoms with Gasteiger partial charge in [0.15, 0.2) is 9.84 Å². The second-order valence-electron chi connectivity index (χ2n) is 5.90. The Morgan fingerprint density at radius 2 is 2.03 bits per heavy atom. The molecule has 0 aromatic carbocycles. The molecule has 0 unspecified atom stereocenters. The molecule has 0 spiro atoms. The van der Waals surface area contributed by atoms with Crippen LogP contribution in [0.5, 0.6) is 0 Å². The van der Waals surface area contributed by atoms with Gasteiger partial charge in [-0.1, -0.05) is 34.7 Å². The van der Waals surface area contributed by atoms with Gasteiger partial charge in [-0.15, -0.1) is 0 Å². The SMILES string of the molecule is C\C=C/C=C(\C=N\O)c1nc(C)c(N(CC)C(=O)CCS(=O)(=O)CC(F)(F)F)s1. The van der Waals surface area contributed by atoms with E-state index in [1.807, 2.05) is 0 Å². The Kier molecular flexibility index (Phi) is 9.02. The minimum atomic E-state index is -4.85. The number of thiazole rings is 1. The number of sulfone groups is 1. The van der Waals surface area contributed by atoms with Gasteiger partial charge in [0.25, 0.3) is 0 Å². The number of carbonyl (C=O) groups excluding carboxylic acids is 1. The van der Waals surface area contributed by atoms with Crippen molar-refractivity contribution >= 4 is 43.9 Å². The molecule has 1 rings (SSSR count). The fourth-order valence-electron chi connectivity index (χ4n) is 2.33. The van der Waals surface area contributed by atoms with Crippen LogP contribution in [0.15, 0.2) is 23.4 Å². The van der Waals surface area contributed by atoms with E-state index in [1.165, 1.54) is 11.1 Å². The Morgan fingerprint density at radius 3 is 2.55 bits per heavy atom. The van der Waals surface area contributed by atoms with E-state index < -0.39 is 39.8 Å². The number of anilines is 1. The Hall–Kier alpha value is -2.21. The summed E-state index contributed by atoms with van der Waals surface area (Å²) in [6, 6.07) is 0. The molecule has 0 aliphatic rings. The number of rotatable bonds is 9. The number of allylic oxidation sites excluding steroid dienone is 4. The molecule has 0 fully saturated rings. The van der Waals surface area contributed by atoms with Crippen LogP contribution in [0.1, 0.15) is 31.0 Å². The number of amides is 1. The molecule has 1 heterocycles. The Labute approximate surface area is 171 Å². The van der Waals surface area contributed by atoms with Gasteiger partial charge in [0.1, 0.15) is 15.8 Å². The monoisotopic (exact) mass is 453 g/mol. The van der Waals surface area contributed by atoms with Crippen LogP contribution < -0.4 is 4.90 Å². The van der Waals surface area contributed by atoms with Gasteiger partial charge >= 0.3 is 6.18 Å². The van der Waals surface area contributed by atoms with E-state index in [9.17, 15) is 26.4 Å². The molecule has 0 bridgehead atoms. The standard InChI is InChI=1S/C17H22F3N3O4S2/c1-4-6-7-13(10-21-25)15-22-12(3)16(28-15)23(5-2)14(24)8-9-29(26,27)11-17(18,19)20/h4,6-7,10,25H,5,8-9,11H2,1-3H3/b6-4-,13-7+,21-10+. The number of alkyl halides is 3. The lowest BCUT2D eigenvalue weighted by Gasteiger charge is -2.19. The lowest BCUT2D eigenvalue weighted by atomic mass is 10.2. The first-order chi connectivity index (χ1) is 13.4. The lowest BCUT2D eigenvalue weighted by molar-refractivity contribution is -0.118. The number of hydrogen-bond acceptors (Lipinski definition) is 7. The van der Waals surface area contributed by atoms with Crippen LogP contribution in [0.3, 0.4) is 0 Å². The summed E-state index contributed by atoms with van der Waals surface area (Å²) < 4.78 is 60.1. The van der Waals surface area contributed by atoms with Crippen molar-refractivity contribution in [1.29, 1.82) is 0 Å². The van der Waals surface area contributed by atoms with Gasteiger partial charge in [0.05, 0.1) is 17.7 Å². The van der Waals surface area contributed by atoms with Gasteiger partial charge in [0.2, 0.25) is 5.91 Å². The van der Waals surface area contributed by atoms with Gasteiger partial charge in [-0.05, 0) is 20.8 Å². The zero-order valence-electron chi connectivity index (χ0n) is 16.1. The van der Waals surface area contributed by atoms with Crippen molar-refractivity contribution in [3.63, 3.8) is 0 Å². The maximum absolute atomic E-state index is 12.5. The van der Waals surface area contributed by atoms with E-state index in [0.717, 1.165) is 11.3 Å². The van der Waals surface area contributed by atoms with Gasteiger partial charge < -0.3 is 10.1 Å². The molecule has 0 aliphatic carbocycles. The highest BCUT2D eigenvalue weighted by Crippen LogP contribution is 2.32. The van der Waals surface area contributed by atoms with Crippen molar-refractivity contribution in [3.05, 3.63) is 28.9 Å². The van der Waals surface area contributed by atoms with Crippen molar-refractivity contribution in [2.75, 3.05) is 23.0 Å².